The first-order valence-corrected chi connectivity index (χ1v) is 6.49. The summed E-state index contributed by atoms with van der Waals surface area (Å²) in [5.41, 5.74) is 6.67. The first-order valence-electron chi connectivity index (χ1n) is 6.49. The van der Waals surface area contributed by atoms with Gasteiger partial charge in [0, 0.05) is 0 Å². The molecular formula is C14H19N3O4. The molecule has 7 heteroatoms. The van der Waals surface area contributed by atoms with Gasteiger partial charge in [0.1, 0.15) is 6.04 Å². The fraction of sp³-hybridized carbons (Fsp3) is 0.357. The second kappa shape index (κ2) is 8.01. The van der Waals surface area contributed by atoms with E-state index in [1.807, 2.05) is 30.3 Å². The molecule has 21 heavy (non-hydrogen) atoms. The molecule has 0 bridgehead atoms. The van der Waals surface area contributed by atoms with E-state index in [0.717, 1.165) is 5.56 Å². The molecule has 1 aromatic carbocycles. The number of amides is 2. The zero-order chi connectivity index (χ0) is 15.8. The summed E-state index contributed by atoms with van der Waals surface area (Å²) in [7, 11) is 0. The number of carbonyl (C=O) groups is 3. The lowest BCUT2D eigenvalue weighted by Gasteiger charge is -2.13. The zero-order valence-corrected chi connectivity index (χ0v) is 11.7. The molecule has 0 heterocycles. The molecule has 0 aromatic heterocycles. The van der Waals surface area contributed by atoms with Gasteiger partial charge in [-0.3, -0.25) is 14.4 Å². The summed E-state index contributed by atoms with van der Waals surface area (Å²) in [6, 6.07) is 7.50. The molecule has 2 amide bonds. The van der Waals surface area contributed by atoms with Crippen LogP contribution in [0.25, 0.3) is 0 Å². The number of hydrogen-bond acceptors (Lipinski definition) is 4. The third-order valence-electron chi connectivity index (χ3n) is 2.81. The lowest BCUT2D eigenvalue weighted by atomic mass is 10.1. The van der Waals surface area contributed by atoms with Gasteiger partial charge in [-0.2, -0.15) is 0 Å². The molecule has 0 saturated heterocycles. The number of carbonyl (C=O) groups excluding carboxylic acids is 2. The molecule has 2 atom stereocenters. The quantitative estimate of drug-likeness (QED) is 0.527. The Balaban J connectivity index is 2.36. The van der Waals surface area contributed by atoms with Crippen molar-refractivity contribution in [3.8, 4) is 0 Å². The van der Waals surface area contributed by atoms with Crippen LogP contribution in [-0.4, -0.2) is 41.5 Å². The molecule has 0 saturated carbocycles. The van der Waals surface area contributed by atoms with Gasteiger partial charge >= 0.3 is 5.97 Å². The van der Waals surface area contributed by atoms with E-state index in [4.69, 9.17) is 10.8 Å². The van der Waals surface area contributed by atoms with Gasteiger partial charge in [-0.15, -0.1) is 0 Å². The highest BCUT2D eigenvalue weighted by molar-refractivity contribution is 5.89. The Labute approximate surface area is 122 Å². The minimum absolute atomic E-state index is 0.307. The number of carboxylic acids is 1. The van der Waals surface area contributed by atoms with Crippen LogP contribution in [0.3, 0.4) is 0 Å². The fourth-order valence-electron chi connectivity index (χ4n) is 1.61. The van der Waals surface area contributed by atoms with E-state index < -0.39 is 29.9 Å². The molecule has 0 fully saturated rings. The summed E-state index contributed by atoms with van der Waals surface area (Å²) in [6.07, 6.45) is 0.361. The van der Waals surface area contributed by atoms with Gasteiger partial charge in [-0.1, -0.05) is 30.3 Å². The van der Waals surface area contributed by atoms with Crippen molar-refractivity contribution in [2.75, 3.05) is 6.54 Å². The highest BCUT2D eigenvalue weighted by Gasteiger charge is 2.17. The van der Waals surface area contributed by atoms with Crippen LogP contribution in [0.5, 0.6) is 0 Å². The minimum Gasteiger partial charge on any atom is -0.480 e. The van der Waals surface area contributed by atoms with Crippen LogP contribution in [0.4, 0.5) is 0 Å². The first-order chi connectivity index (χ1) is 9.90. The number of rotatable bonds is 7. The molecule has 0 spiro atoms. The van der Waals surface area contributed by atoms with Crippen LogP contribution in [0.2, 0.25) is 0 Å². The summed E-state index contributed by atoms with van der Waals surface area (Å²) in [4.78, 5) is 33.7. The van der Waals surface area contributed by atoms with Gasteiger partial charge in [0.15, 0.2) is 0 Å². The Hall–Kier alpha value is -2.41. The molecule has 7 nitrogen and oxygen atoms in total. The summed E-state index contributed by atoms with van der Waals surface area (Å²) in [5.74, 6) is -2.18. The topological polar surface area (TPSA) is 122 Å². The number of hydrogen-bond donors (Lipinski definition) is 4. The Kier molecular flexibility index (Phi) is 6.35. The molecule has 0 aliphatic rings. The molecule has 0 aliphatic carbocycles. The molecule has 5 N–H and O–H groups in total. The standard InChI is InChI=1S/C14H19N3O4/c1-9(14(20)21)17-12(18)8-16-13(19)11(15)7-10-5-3-2-4-6-10/h2-6,9,11H,7-8,15H2,1H3,(H,16,19)(H,17,18)(H,20,21). The third-order valence-corrected chi connectivity index (χ3v) is 2.81. The van der Waals surface area contributed by atoms with Gasteiger partial charge in [-0.05, 0) is 18.9 Å². The van der Waals surface area contributed by atoms with Crippen molar-refractivity contribution in [2.45, 2.75) is 25.4 Å². The van der Waals surface area contributed by atoms with Gasteiger partial charge in [0.05, 0.1) is 12.6 Å². The average molecular weight is 293 g/mol. The Morgan fingerprint density at radius 3 is 2.43 bits per heavy atom. The van der Waals surface area contributed by atoms with Gasteiger partial charge in [-0.25, -0.2) is 0 Å². The van der Waals surface area contributed by atoms with Crippen molar-refractivity contribution >= 4 is 17.8 Å². The molecule has 2 unspecified atom stereocenters. The second-order valence-corrected chi connectivity index (χ2v) is 4.64. The normalized spacial score (nSPS) is 13.0. The Morgan fingerprint density at radius 2 is 1.86 bits per heavy atom. The minimum atomic E-state index is -1.14. The van der Waals surface area contributed by atoms with Crippen LogP contribution < -0.4 is 16.4 Å². The summed E-state index contributed by atoms with van der Waals surface area (Å²) in [6.45, 7) is 1.03. The van der Waals surface area contributed by atoms with Crippen molar-refractivity contribution in [3.05, 3.63) is 35.9 Å². The predicted molar refractivity (Wildman–Crippen MR) is 76.4 cm³/mol. The van der Waals surface area contributed by atoms with Crippen molar-refractivity contribution in [1.82, 2.24) is 10.6 Å². The van der Waals surface area contributed by atoms with Gasteiger partial charge in [0.25, 0.3) is 0 Å². The third kappa shape index (κ3) is 6.05. The summed E-state index contributed by atoms with van der Waals surface area (Å²) >= 11 is 0. The molecule has 114 valence electrons. The Bertz CT molecular complexity index is 504. The molecule has 0 aliphatic heterocycles. The van der Waals surface area contributed by atoms with Crippen molar-refractivity contribution in [3.63, 3.8) is 0 Å². The molecule has 1 rings (SSSR count). The van der Waals surface area contributed by atoms with Crippen LogP contribution in [0.15, 0.2) is 30.3 Å². The fourth-order valence-corrected chi connectivity index (χ4v) is 1.61. The SMILES string of the molecule is CC(NC(=O)CNC(=O)C(N)Cc1ccccc1)C(=O)O. The van der Waals surface area contributed by atoms with Crippen molar-refractivity contribution < 1.29 is 19.5 Å². The van der Waals surface area contributed by atoms with E-state index in [0.29, 0.717) is 6.42 Å². The maximum absolute atomic E-state index is 11.7. The second-order valence-electron chi connectivity index (χ2n) is 4.64. The van der Waals surface area contributed by atoms with Crippen LogP contribution in [0, 0.1) is 0 Å². The molecule has 1 aromatic rings. The monoisotopic (exact) mass is 293 g/mol. The van der Waals surface area contributed by atoms with Crippen molar-refractivity contribution in [2.24, 2.45) is 5.73 Å². The largest absolute Gasteiger partial charge is 0.480 e. The molecular weight excluding hydrogens is 274 g/mol. The van der Waals surface area contributed by atoms with Crippen LogP contribution >= 0.6 is 0 Å². The summed E-state index contributed by atoms with van der Waals surface area (Å²) in [5, 5.41) is 13.2. The predicted octanol–water partition coefficient (Wildman–Crippen LogP) is -0.738. The van der Waals surface area contributed by atoms with E-state index in [1.165, 1.54) is 6.92 Å². The highest BCUT2D eigenvalue weighted by atomic mass is 16.4. The number of nitrogens with one attached hydrogen (secondary N) is 2. The summed E-state index contributed by atoms with van der Waals surface area (Å²) < 4.78 is 0. The van der Waals surface area contributed by atoms with Gasteiger partial charge in [0.2, 0.25) is 11.8 Å². The number of aliphatic carboxylic acids is 1. The van der Waals surface area contributed by atoms with E-state index in [9.17, 15) is 14.4 Å². The van der Waals surface area contributed by atoms with Gasteiger partial charge < -0.3 is 21.5 Å². The average Bonchev–Trinajstić information content (AvgIpc) is 2.45. The smallest absolute Gasteiger partial charge is 0.325 e. The maximum Gasteiger partial charge on any atom is 0.325 e. The highest BCUT2D eigenvalue weighted by Crippen LogP contribution is 2.01. The van der Waals surface area contributed by atoms with E-state index in [1.54, 1.807) is 0 Å². The zero-order valence-electron chi connectivity index (χ0n) is 11.7. The van der Waals surface area contributed by atoms with E-state index >= 15 is 0 Å². The first kappa shape index (κ1) is 16.6. The van der Waals surface area contributed by atoms with Crippen molar-refractivity contribution in [1.29, 1.82) is 0 Å². The van der Waals surface area contributed by atoms with E-state index in [-0.39, 0.29) is 6.54 Å². The van der Waals surface area contributed by atoms with Crippen LogP contribution in [0.1, 0.15) is 12.5 Å². The number of carboxylic acid groups (broad SMARTS) is 1. The Morgan fingerprint density at radius 1 is 1.24 bits per heavy atom. The lowest BCUT2D eigenvalue weighted by molar-refractivity contribution is -0.141. The van der Waals surface area contributed by atoms with E-state index in [2.05, 4.69) is 10.6 Å². The number of nitrogens with two attached hydrogens (primary N) is 1. The maximum atomic E-state index is 11.7. The molecule has 0 radical (unpaired) electrons. The van der Waals surface area contributed by atoms with Crippen LogP contribution in [-0.2, 0) is 20.8 Å². The lowest BCUT2D eigenvalue weighted by Crippen LogP contribution is -2.48. The number of benzene rings is 1.